The van der Waals surface area contributed by atoms with Gasteiger partial charge in [-0.2, -0.15) is 0 Å². The van der Waals surface area contributed by atoms with Gasteiger partial charge in [0.05, 0.1) is 25.4 Å². The lowest BCUT2D eigenvalue weighted by molar-refractivity contribution is -0.302. The lowest BCUT2D eigenvalue weighted by atomic mass is 9.99. The molecule has 0 aromatic heterocycles. The molecule has 1 fully saturated rings. The van der Waals surface area contributed by atoms with Gasteiger partial charge in [-0.05, 0) is 96.3 Å². The minimum absolute atomic E-state index is 0.214. The van der Waals surface area contributed by atoms with Crippen molar-refractivity contribution in [3.8, 4) is 0 Å². The lowest BCUT2D eigenvalue weighted by Gasteiger charge is -2.40. The van der Waals surface area contributed by atoms with E-state index in [0.717, 1.165) is 96.3 Å². The first-order chi connectivity index (χ1) is 39.8. The Bertz CT molecular complexity index is 1690. The van der Waals surface area contributed by atoms with Crippen LogP contribution in [0.3, 0.4) is 0 Å². The quantitative estimate of drug-likeness (QED) is 0.0261. The molecule has 81 heavy (non-hydrogen) atoms. The Kier molecular flexibility index (Phi) is 55.8. The van der Waals surface area contributed by atoms with Gasteiger partial charge in [0.15, 0.2) is 6.29 Å². The molecule has 9 nitrogen and oxygen atoms in total. The molecule has 1 rings (SSSR count). The molecule has 1 aliphatic rings. The van der Waals surface area contributed by atoms with Crippen molar-refractivity contribution in [1.82, 2.24) is 5.32 Å². The van der Waals surface area contributed by atoms with Gasteiger partial charge in [0.25, 0.3) is 0 Å². The number of allylic oxidation sites excluding steroid dienone is 19. The summed E-state index contributed by atoms with van der Waals surface area (Å²) in [6.07, 6.45) is 82.9. The summed E-state index contributed by atoms with van der Waals surface area (Å²) in [5.41, 5.74) is 0. The molecule has 1 aliphatic heterocycles. The van der Waals surface area contributed by atoms with Gasteiger partial charge in [-0.25, -0.2) is 0 Å². The molecular weight excluding hydrogens is 1010 g/mol. The van der Waals surface area contributed by atoms with E-state index in [1.807, 2.05) is 6.08 Å². The maximum Gasteiger partial charge on any atom is 0.220 e. The van der Waals surface area contributed by atoms with E-state index in [1.54, 1.807) is 6.08 Å². The van der Waals surface area contributed by atoms with Gasteiger partial charge in [-0.1, -0.05) is 289 Å². The predicted molar refractivity (Wildman–Crippen MR) is 345 cm³/mol. The van der Waals surface area contributed by atoms with Gasteiger partial charge < -0.3 is 40.3 Å². The van der Waals surface area contributed by atoms with Crippen molar-refractivity contribution in [2.24, 2.45) is 0 Å². The highest BCUT2D eigenvalue weighted by molar-refractivity contribution is 5.76. The van der Waals surface area contributed by atoms with Crippen LogP contribution in [0.5, 0.6) is 0 Å². The average Bonchev–Trinajstić information content (AvgIpc) is 3.51. The first-order valence-corrected chi connectivity index (χ1v) is 33.3. The Morgan fingerprint density at radius 3 is 1.19 bits per heavy atom. The van der Waals surface area contributed by atoms with E-state index in [4.69, 9.17) is 9.47 Å². The normalized spacial score (nSPS) is 19.2. The maximum absolute atomic E-state index is 13.1. The number of hydrogen-bond donors (Lipinski definition) is 6. The Labute approximate surface area is 497 Å². The van der Waals surface area contributed by atoms with Gasteiger partial charge in [0, 0.05) is 6.42 Å². The molecule has 1 saturated heterocycles. The molecular formula is C72H123NO8. The zero-order chi connectivity index (χ0) is 58.6. The van der Waals surface area contributed by atoms with Crippen LogP contribution >= 0.6 is 0 Å². The average molecular weight is 1130 g/mol. The second kappa shape index (κ2) is 59.7. The lowest BCUT2D eigenvalue weighted by Crippen LogP contribution is -2.60. The molecule has 0 bridgehead atoms. The molecule has 7 unspecified atom stereocenters. The van der Waals surface area contributed by atoms with Gasteiger partial charge in [0.2, 0.25) is 5.91 Å². The Hall–Kier alpha value is -3.41. The fraction of sp³-hybridized carbons (Fsp3) is 0.708. The number of ether oxygens (including phenoxy) is 2. The highest BCUT2D eigenvalue weighted by atomic mass is 16.7. The summed E-state index contributed by atoms with van der Waals surface area (Å²) in [4.78, 5) is 13.1. The van der Waals surface area contributed by atoms with Crippen LogP contribution in [0, 0.1) is 0 Å². The molecule has 9 heteroatoms. The number of nitrogens with one attached hydrogen (secondary N) is 1. The summed E-state index contributed by atoms with van der Waals surface area (Å²) in [5, 5.41) is 54.7. The second-order valence-electron chi connectivity index (χ2n) is 22.5. The van der Waals surface area contributed by atoms with Crippen molar-refractivity contribution < 1.29 is 39.8 Å². The summed E-state index contributed by atoms with van der Waals surface area (Å²) in [6.45, 7) is 3.65. The van der Waals surface area contributed by atoms with E-state index in [2.05, 4.69) is 129 Å². The molecule has 7 atom stereocenters. The number of unbranched alkanes of at least 4 members (excludes halogenated alkanes) is 28. The molecule has 0 spiro atoms. The van der Waals surface area contributed by atoms with Crippen LogP contribution in [-0.4, -0.2) is 87.5 Å². The van der Waals surface area contributed by atoms with Crippen molar-refractivity contribution in [2.75, 3.05) is 13.2 Å². The molecule has 0 aliphatic carbocycles. The summed E-state index contributed by atoms with van der Waals surface area (Å²) in [6, 6.07) is -0.847. The Balaban J connectivity index is 2.23. The predicted octanol–water partition coefficient (Wildman–Crippen LogP) is 17.9. The first-order valence-electron chi connectivity index (χ1n) is 33.3. The summed E-state index contributed by atoms with van der Waals surface area (Å²) in [5.74, 6) is -0.214. The van der Waals surface area contributed by atoms with E-state index in [1.165, 1.54) is 148 Å². The fourth-order valence-corrected chi connectivity index (χ4v) is 9.84. The van der Waals surface area contributed by atoms with Crippen molar-refractivity contribution in [1.29, 1.82) is 0 Å². The zero-order valence-corrected chi connectivity index (χ0v) is 51.7. The minimum Gasteiger partial charge on any atom is -0.394 e. The standard InChI is InChI=1S/C72H123NO8/c1-3-5-7-9-11-13-15-17-19-21-23-25-27-29-31-33-35-37-39-41-43-45-47-49-51-53-55-57-59-61-66(75)65(64-80-72-71(79)70(78)69(77)67(63-74)81-72)73-68(76)62-60-58-56-54-52-50-48-46-44-42-40-38-36-34-32-30-28-26-24-22-20-18-16-14-12-10-8-6-4-2/h6,8,12,14,18,20,24,26,30,32,36,38,42,44,48,50-51,53,59,61,65-67,69-72,74-75,77-79H,3-5,7,9-11,13,15-17,19,21-23,25,27-29,31,33-35,37,39-41,43,45-47,49,52,54-58,60,62-64H2,1-2H3,(H,73,76)/b8-6-,14-12-,20-18-,26-24-,32-30-,38-36-,44-42-,50-48-,53-51+,61-59+. The maximum atomic E-state index is 13.1. The highest BCUT2D eigenvalue weighted by Crippen LogP contribution is 2.23. The van der Waals surface area contributed by atoms with E-state index >= 15 is 0 Å². The second-order valence-corrected chi connectivity index (χ2v) is 22.5. The number of rotatable bonds is 56. The molecule has 0 saturated carbocycles. The Morgan fingerprint density at radius 2 is 0.778 bits per heavy atom. The van der Waals surface area contributed by atoms with Gasteiger partial charge >= 0.3 is 0 Å². The largest absolute Gasteiger partial charge is 0.394 e. The van der Waals surface area contributed by atoms with Gasteiger partial charge in [-0.3, -0.25) is 4.79 Å². The van der Waals surface area contributed by atoms with Crippen LogP contribution in [0.4, 0.5) is 0 Å². The van der Waals surface area contributed by atoms with E-state index < -0.39 is 49.5 Å². The summed E-state index contributed by atoms with van der Waals surface area (Å²) in [7, 11) is 0. The van der Waals surface area contributed by atoms with E-state index in [9.17, 15) is 30.3 Å². The number of aliphatic hydroxyl groups is 5. The number of aliphatic hydroxyl groups excluding tert-OH is 5. The van der Waals surface area contributed by atoms with Crippen molar-refractivity contribution >= 4 is 5.91 Å². The molecule has 464 valence electrons. The van der Waals surface area contributed by atoms with Crippen LogP contribution < -0.4 is 5.32 Å². The van der Waals surface area contributed by atoms with Gasteiger partial charge in [0.1, 0.15) is 24.4 Å². The van der Waals surface area contributed by atoms with Crippen LogP contribution in [0.25, 0.3) is 0 Å². The van der Waals surface area contributed by atoms with E-state index in [-0.39, 0.29) is 12.5 Å². The minimum atomic E-state index is -1.59. The SMILES string of the molecule is CC/C=C\C/C=C\C/C=C\C/C=C\C/C=C\C/C=C\C/C=C\C/C=C\CCCCCCC(=O)NC(COC1OC(CO)C(O)C(O)C1O)C(O)/C=C/CC/C=C/CCCCCCCCCCCCCCCCCCCCCCCCC. The molecule has 1 amide bonds. The zero-order valence-electron chi connectivity index (χ0n) is 51.7. The molecule has 0 aromatic carbocycles. The number of carbonyl (C=O) groups is 1. The third-order valence-corrected chi connectivity index (χ3v) is 15.0. The van der Waals surface area contributed by atoms with E-state index in [0.29, 0.717) is 12.8 Å². The van der Waals surface area contributed by atoms with Crippen molar-refractivity contribution in [2.45, 2.75) is 314 Å². The third kappa shape index (κ3) is 48.6. The molecule has 0 aromatic rings. The monoisotopic (exact) mass is 1130 g/mol. The summed E-state index contributed by atoms with van der Waals surface area (Å²) >= 11 is 0. The van der Waals surface area contributed by atoms with Crippen LogP contribution in [-0.2, 0) is 14.3 Å². The number of hydrogen-bond acceptors (Lipinski definition) is 8. The molecule has 6 N–H and O–H groups in total. The topological polar surface area (TPSA) is 149 Å². The number of carbonyl (C=O) groups excluding carboxylic acids is 1. The smallest absolute Gasteiger partial charge is 0.220 e. The Morgan fingerprint density at radius 1 is 0.432 bits per heavy atom. The molecule has 1 heterocycles. The van der Waals surface area contributed by atoms with Crippen molar-refractivity contribution in [3.05, 3.63) is 122 Å². The summed E-state index contributed by atoms with van der Waals surface area (Å²) < 4.78 is 11.3. The number of amides is 1. The van der Waals surface area contributed by atoms with Crippen LogP contribution in [0.2, 0.25) is 0 Å². The fourth-order valence-electron chi connectivity index (χ4n) is 9.84. The van der Waals surface area contributed by atoms with Crippen LogP contribution in [0.1, 0.15) is 271 Å². The highest BCUT2D eigenvalue weighted by Gasteiger charge is 2.44. The van der Waals surface area contributed by atoms with Gasteiger partial charge in [-0.15, -0.1) is 0 Å². The van der Waals surface area contributed by atoms with Crippen LogP contribution in [0.15, 0.2) is 122 Å². The molecule has 0 radical (unpaired) electrons. The van der Waals surface area contributed by atoms with Crippen molar-refractivity contribution in [3.63, 3.8) is 0 Å². The third-order valence-electron chi connectivity index (χ3n) is 15.0. The first kappa shape index (κ1) is 75.6.